The fraction of sp³-hybridized carbons (Fsp3) is 0.0625. The SMILES string of the molecule is O=C([O-])C1=C(N=Nc2ccc(S(=O)(=O)[O-])cc2)C(O)(c2ccc(S(=O)(=O)[O-])cc2)N=N1.[Na+].[Na+].[Na+]. The average molecular weight is 534 g/mol. The van der Waals surface area contributed by atoms with Gasteiger partial charge >= 0.3 is 88.7 Å². The summed E-state index contributed by atoms with van der Waals surface area (Å²) in [6, 6.07) is 7.85. The van der Waals surface area contributed by atoms with Crippen molar-refractivity contribution in [1.82, 2.24) is 0 Å². The van der Waals surface area contributed by atoms with Crippen molar-refractivity contribution in [2.75, 3.05) is 0 Å². The standard InChI is InChI=1S/C16H12N4O9S2.3Na/c21-15(22)13-14(19-17-10-3-7-12(8-4-10)31(27,28)29)16(23,20-18-13)9-1-5-11(6-2-9)30(24,25)26;;;/h1-8,23H,(H,21,22)(H,24,25,26)(H,27,28,29);;;/q;3*+1/p-3. The Hall–Kier alpha value is -0.370. The molecule has 18 heteroatoms. The van der Waals surface area contributed by atoms with Gasteiger partial charge in [0, 0.05) is 5.56 Å². The molecule has 1 heterocycles. The van der Waals surface area contributed by atoms with Crippen molar-refractivity contribution in [3.8, 4) is 0 Å². The number of benzene rings is 2. The molecule has 1 aliphatic rings. The molecule has 0 spiro atoms. The van der Waals surface area contributed by atoms with Crippen molar-refractivity contribution in [1.29, 1.82) is 0 Å². The summed E-state index contributed by atoms with van der Waals surface area (Å²) < 4.78 is 66.0. The number of aliphatic carboxylic acids is 1. The van der Waals surface area contributed by atoms with Gasteiger partial charge in [-0.15, -0.1) is 15.3 Å². The number of aliphatic hydroxyl groups is 1. The first-order valence-corrected chi connectivity index (χ1v) is 10.8. The molecule has 0 aliphatic carbocycles. The van der Waals surface area contributed by atoms with Gasteiger partial charge < -0.3 is 24.1 Å². The predicted molar refractivity (Wildman–Crippen MR) is 94.1 cm³/mol. The van der Waals surface area contributed by atoms with Crippen LogP contribution in [-0.2, 0) is 30.8 Å². The Labute approximate surface area is 259 Å². The van der Waals surface area contributed by atoms with Crippen LogP contribution in [0.15, 0.2) is 90.2 Å². The van der Waals surface area contributed by atoms with Crippen molar-refractivity contribution in [2.24, 2.45) is 20.5 Å². The Balaban J connectivity index is 0.00000363. The monoisotopic (exact) mass is 534 g/mol. The van der Waals surface area contributed by atoms with E-state index in [2.05, 4.69) is 20.5 Å². The van der Waals surface area contributed by atoms with Gasteiger partial charge in [0.05, 0.1) is 21.4 Å². The Morgan fingerprint density at radius 1 is 0.824 bits per heavy atom. The molecule has 162 valence electrons. The van der Waals surface area contributed by atoms with Crippen molar-refractivity contribution < 1.29 is 130 Å². The van der Waals surface area contributed by atoms with Crippen molar-refractivity contribution in [3.63, 3.8) is 0 Å². The van der Waals surface area contributed by atoms with Crippen molar-refractivity contribution >= 4 is 31.9 Å². The van der Waals surface area contributed by atoms with E-state index >= 15 is 0 Å². The van der Waals surface area contributed by atoms with E-state index in [4.69, 9.17) is 0 Å². The third-order valence-corrected chi connectivity index (χ3v) is 5.68. The van der Waals surface area contributed by atoms with Gasteiger partial charge in [0.1, 0.15) is 25.9 Å². The second-order valence-electron chi connectivity index (χ2n) is 5.98. The molecule has 1 N–H and O–H groups in total. The van der Waals surface area contributed by atoms with E-state index in [1.54, 1.807) is 0 Å². The summed E-state index contributed by atoms with van der Waals surface area (Å²) in [6.45, 7) is 0. The van der Waals surface area contributed by atoms with Gasteiger partial charge in [0.25, 0.3) is 0 Å². The largest absolute Gasteiger partial charge is 1.00 e. The van der Waals surface area contributed by atoms with Gasteiger partial charge in [-0.05, 0) is 36.4 Å². The van der Waals surface area contributed by atoms with Crippen LogP contribution in [0.2, 0.25) is 0 Å². The molecule has 13 nitrogen and oxygen atoms in total. The minimum absolute atomic E-state index is 0. The van der Waals surface area contributed by atoms with Crippen LogP contribution in [-0.4, -0.2) is 37.0 Å². The topological polar surface area (TPSA) is 224 Å². The maximum absolute atomic E-state index is 11.3. The van der Waals surface area contributed by atoms with E-state index in [1.807, 2.05) is 0 Å². The molecule has 1 aliphatic heterocycles. The molecule has 2 aromatic carbocycles. The van der Waals surface area contributed by atoms with Gasteiger partial charge in [-0.25, -0.2) is 16.8 Å². The molecule has 0 radical (unpaired) electrons. The molecular weight excluding hydrogens is 525 g/mol. The minimum Gasteiger partial charge on any atom is -0.744 e. The van der Waals surface area contributed by atoms with Crippen LogP contribution >= 0.6 is 0 Å². The van der Waals surface area contributed by atoms with Gasteiger partial charge in [-0.2, -0.15) is 5.11 Å². The third-order valence-electron chi connectivity index (χ3n) is 3.98. The summed E-state index contributed by atoms with van der Waals surface area (Å²) in [5.74, 6) is -1.85. The van der Waals surface area contributed by atoms with E-state index in [0.717, 1.165) is 48.5 Å². The number of nitrogens with zero attached hydrogens (tertiary/aromatic N) is 4. The van der Waals surface area contributed by atoms with Crippen LogP contribution in [0.5, 0.6) is 0 Å². The van der Waals surface area contributed by atoms with Crippen molar-refractivity contribution in [3.05, 3.63) is 65.5 Å². The first-order chi connectivity index (χ1) is 14.3. The number of hydrogen-bond acceptors (Lipinski definition) is 13. The molecule has 1 unspecified atom stereocenters. The van der Waals surface area contributed by atoms with Gasteiger partial charge in [-0.1, -0.05) is 12.1 Å². The first-order valence-electron chi connectivity index (χ1n) is 7.98. The molecule has 0 saturated carbocycles. The van der Waals surface area contributed by atoms with Crippen LogP contribution in [0.3, 0.4) is 0 Å². The number of carboxylic acid groups (broad SMARTS) is 1. The summed E-state index contributed by atoms with van der Waals surface area (Å²) in [6.07, 6.45) is 0. The quantitative estimate of drug-likeness (QED) is 0.211. The smallest absolute Gasteiger partial charge is 0.744 e. The molecule has 0 bridgehead atoms. The van der Waals surface area contributed by atoms with Crippen LogP contribution in [0.1, 0.15) is 5.56 Å². The fourth-order valence-corrected chi connectivity index (χ4v) is 3.41. The number of hydrogen-bond donors (Lipinski definition) is 1. The first kappa shape index (κ1) is 33.6. The number of azo groups is 2. The molecule has 34 heavy (non-hydrogen) atoms. The van der Waals surface area contributed by atoms with Crippen LogP contribution in [0, 0.1) is 0 Å². The fourth-order valence-electron chi connectivity index (χ4n) is 2.47. The third kappa shape index (κ3) is 7.57. The molecular formula is C16H9N4Na3O9S2. The molecule has 0 fully saturated rings. The van der Waals surface area contributed by atoms with Gasteiger partial charge in [0.15, 0.2) is 5.70 Å². The van der Waals surface area contributed by atoms with Crippen molar-refractivity contribution in [2.45, 2.75) is 15.5 Å². The van der Waals surface area contributed by atoms with E-state index in [9.17, 15) is 40.9 Å². The Bertz CT molecular complexity index is 1360. The molecule has 1 atom stereocenters. The van der Waals surface area contributed by atoms with Crippen LogP contribution < -0.4 is 93.8 Å². The van der Waals surface area contributed by atoms with Crippen LogP contribution in [0.25, 0.3) is 0 Å². The van der Waals surface area contributed by atoms with E-state index in [0.29, 0.717) is 0 Å². The number of carboxylic acids is 1. The van der Waals surface area contributed by atoms with Gasteiger partial charge in [-0.3, -0.25) is 0 Å². The summed E-state index contributed by atoms with van der Waals surface area (Å²) >= 11 is 0. The molecule has 2 aromatic rings. The van der Waals surface area contributed by atoms with E-state index < -0.39 is 53.1 Å². The van der Waals surface area contributed by atoms with Gasteiger partial charge in [0.2, 0.25) is 5.72 Å². The second kappa shape index (κ2) is 12.7. The normalized spacial score (nSPS) is 17.6. The molecule has 0 amide bonds. The van der Waals surface area contributed by atoms with E-state index in [-0.39, 0.29) is 99.9 Å². The summed E-state index contributed by atoms with van der Waals surface area (Å²) in [5, 5.41) is 36.3. The Morgan fingerprint density at radius 2 is 1.26 bits per heavy atom. The Morgan fingerprint density at radius 3 is 1.68 bits per heavy atom. The molecule has 0 saturated heterocycles. The molecule has 0 aromatic heterocycles. The number of carbonyl (C=O) groups is 1. The Kier molecular flexibility index (Phi) is 12.6. The zero-order valence-corrected chi connectivity index (χ0v) is 25.6. The summed E-state index contributed by atoms with van der Waals surface area (Å²) in [7, 11) is -9.46. The minimum atomic E-state index is -4.77. The summed E-state index contributed by atoms with van der Waals surface area (Å²) in [5.41, 5.74) is -4.25. The predicted octanol–water partition coefficient (Wildman–Crippen LogP) is -9.14. The molecule has 3 rings (SSSR count). The zero-order chi connectivity index (χ0) is 23.0. The number of carbonyl (C=O) groups excluding carboxylic acids is 1. The summed E-state index contributed by atoms with van der Waals surface area (Å²) in [4.78, 5) is 10.2. The maximum Gasteiger partial charge on any atom is 1.00 e. The second-order valence-corrected chi connectivity index (χ2v) is 8.74. The number of rotatable bonds is 6. The average Bonchev–Trinajstić information content (AvgIpc) is 3.03. The maximum atomic E-state index is 11.3. The van der Waals surface area contributed by atoms with E-state index in [1.165, 1.54) is 0 Å². The van der Waals surface area contributed by atoms with Crippen LogP contribution in [0.4, 0.5) is 5.69 Å². The zero-order valence-electron chi connectivity index (χ0n) is 17.9.